The number of nitro groups is 1. The molecule has 110 valence electrons. The smallest absolute Gasteiger partial charge is 0.292 e. The highest BCUT2D eigenvalue weighted by molar-refractivity contribution is 5.60. The average molecular weight is 279 g/mol. The molecule has 1 saturated heterocycles. The van der Waals surface area contributed by atoms with Crippen LogP contribution in [0.5, 0.6) is 5.75 Å². The predicted octanol–water partition coefficient (Wildman–Crippen LogP) is 2.43. The summed E-state index contributed by atoms with van der Waals surface area (Å²) in [6.07, 6.45) is 4.88. The maximum Gasteiger partial charge on any atom is 0.292 e. The van der Waals surface area contributed by atoms with Gasteiger partial charge in [-0.05, 0) is 38.4 Å². The number of nitro benzene ring substituents is 1. The van der Waals surface area contributed by atoms with Gasteiger partial charge in [-0.3, -0.25) is 10.1 Å². The lowest BCUT2D eigenvalue weighted by atomic mass is 10.1. The Morgan fingerprint density at radius 1 is 1.30 bits per heavy atom. The van der Waals surface area contributed by atoms with Gasteiger partial charge in [0.1, 0.15) is 11.4 Å². The molecule has 0 radical (unpaired) electrons. The number of ether oxygens (including phenoxy) is 1. The molecule has 1 aromatic carbocycles. The molecule has 1 fully saturated rings. The molecule has 0 amide bonds. The van der Waals surface area contributed by atoms with E-state index in [0.29, 0.717) is 12.4 Å². The summed E-state index contributed by atoms with van der Waals surface area (Å²) in [6.45, 7) is 4.02. The highest BCUT2D eigenvalue weighted by Crippen LogP contribution is 2.26. The number of nitrogen functional groups attached to an aromatic ring is 1. The fourth-order valence-corrected chi connectivity index (χ4v) is 2.45. The number of hydrogen-bond donors (Lipinski definition) is 1. The lowest BCUT2D eigenvalue weighted by Crippen LogP contribution is -2.31. The molecule has 0 atom stereocenters. The number of benzene rings is 1. The Morgan fingerprint density at radius 2 is 2.05 bits per heavy atom. The minimum Gasteiger partial charge on any atom is -0.493 e. The second kappa shape index (κ2) is 7.09. The summed E-state index contributed by atoms with van der Waals surface area (Å²) in [5.74, 6) is 0.590. The van der Waals surface area contributed by atoms with Gasteiger partial charge >= 0.3 is 0 Å². The number of hydrogen-bond acceptors (Lipinski definition) is 5. The molecule has 1 aromatic rings. The molecule has 0 aliphatic carbocycles. The lowest BCUT2D eigenvalue weighted by Gasteiger charge is -2.26. The fraction of sp³-hybridized carbons (Fsp3) is 0.571. The van der Waals surface area contributed by atoms with E-state index in [1.165, 1.54) is 44.5 Å². The number of anilines is 1. The van der Waals surface area contributed by atoms with Crippen LogP contribution in [0.25, 0.3) is 0 Å². The quantitative estimate of drug-likeness (QED) is 0.374. The first-order chi connectivity index (χ1) is 9.66. The van der Waals surface area contributed by atoms with Crippen LogP contribution in [-0.2, 0) is 0 Å². The topological polar surface area (TPSA) is 81.6 Å². The molecule has 0 aromatic heterocycles. The summed E-state index contributed by atoms with van der Waals surface area (Å²) >= 11 is 0. The van der Waals surface area contributed by atoms with Crippen molar-refractivity contribution in [1.82, 2.24) is 4.90 Å². The second-order valence-electron chi connectivity index (χ2n) is 5.08. The van der Waals surface area contributed by atoms with Gasteiger partial charge < -0.3 is 15.4 Å². The lowest BCUT2D eigenvalue weighted by molar-refractivity contribution is -0.383. The van der Waals surface area contributed by atoms with E-state index >= 15 is 0 Å². The minimum atomic E-state index is -0.491. The van der Waals surface area contributed by atoms with E-state index in [-0.39, 0.29) is 11.4 Å². The second-order valence-corrected chi connectivity index (χ2v) is 5.08. The van der Waals surface area contributed by atoms with Crippen LogP contribution >= 0.6 is 0 Å². The van der Waals surface area contributed by atoms with Crippen LogP contribution in [0.4, 0.5) is 11.4 Å². The van der Waals surface area contributed by atoms with E-state index in [0.717, 1.165) is 13.0 Å². The van der Waals surface area contributed by atoms with Gasteiger partial charge in [0.15, 0.2) is 0 Å². The summed E-state index contributed by atoms with van der Waals surface area (Å²) in [6, 6.07) is 4.49. The third-order valence-electron chi connectivity index (χ3n) is 3.53. The molecule has 0 saturated carbocycles. The normalized spacial score (nSPS) is 16.0. The third-order valence-corrected chi connectivity index (χ3v) is 3.53. The van der Waals surface area contributed by atoms with Crippen LogP contribution in [-0.4, -0.2) is 36.1 Å². The van der Waals surface area contributed by atoms with Gasteiger partial charge in [0, 0.05) is 18.7 Å². The van der Waals surface area contributed by atoms with Gasteiger partial charge in [0.2, 0.25) is 0 Å². The molecule has 2 N–H and O–H groups in total. The molecular formula is C14H21N3O3. The van der Waals surface area contributed by atoms with E-state index < -0.39 is 4.92 Å². The highest BCUT2D eigenvalue weighted by Gasteiger charge is 2.12. The zero-order valence-corrected chi connectivity index (χ0v) is 11.6. The van der Waals surface area contributed by atoms with Crippen molar-refractivity contribution < 1.29 is 9.66 Å². The largest absolute Gasteiger partial charge is 0.493 e. The van der Waals surface area contributed by atoms with Crippen molar-refractivity contribution in [3.05, 3.63) is 28.3 Å². The van der Waals surface area contributed by atoms with Gasteiger partial charge in [0.25, 0.3) is 5.69 Å². The van der Waals surface area contributed by atoms with E-state index in [2.05, 4.69) is 4.90 Å². The molecule has 0 bridgehead atoms. The van der Waals surface area contributed by atoms with Crippen LogP contribution in [0.3, 0.4) is 0 Å². The molecule has 6 nitrogen and oxygen atoms in total. The van der Waals surface area contributed by atoms with Crippen molar-refractivity contribution in [2.75, 3.05) is 32.0 Å². The summed E-state index contributed by atoms with van der Waals surface area (Å²) in [5.41, 5.74) is 5.68. The van der Waals surface area contributed by atoms with Crippen LogP contribution < -0.4 is 10.5 Å². The Kier molecular flexibility index (Phi) is 5.17. The van der Waals surface area contributed by atoms with Gasteiger partial charge in [-0.1, -0.05) is 6.42 Å². The molecular weight excluding hydrogens is 258 g/mol. The number of likely N-dealkylation sites (tertiary alicyclic amines) is 1. The third kappa shape index (κ3) is 4.09. The molecule has 0 spiro atoms. The monoisotopic (exact) mass is 279 g/mol. The van der Waals surface area contributed by atoms with Crippen molar-refractivity contribution in [3.63, 3.8) is 0 Å². The predicted molar refractivity (Wildman–Crippen MR) is 77.9 cm³/mol. The summed E-state index contributed by atoms with van der Waals surface area (Å²) in [5, 5.41) is 10.6. The van der Waals surface area contributed by atoms with Gasteiger partial charge in [-0.15, -0.1) is 0 Å². The molecule has 0 unspecified atom stereocenters. The maximum absolute atomic E-state index is 10.6. The summed E-state index contributed by atoms with van der Waals surface area (Å²) in [4.78, 5) is 12.6. The summed E-state index contributed by atoms with van der Waals surface area (Å²) < 4.78 is 5.58. The molecule has 1 heterocycles. The van der Waals surface area contributed by atoms with Crippen molar-refractivity contribution in [1.29, 1.82) is 0 Å². The van der Waals surface area contributed by atoms with Crippen molar-refractivity contribution in [3.8, 4) is 5.75 Å². The van der Waals surface area contributed by atoms with Gasteiger partial charge in [0.05, 0.1) is 11.5 Å². The van der Waals surface area contributed by atoms with E-state index in [1.54, 1.807) is 6.07 Å². The van der Waals surface area contributed by atoms with Crippen molar-refractivity contribution in [2.24, 2.45) is 0 Å². The van der Waals surface area contributed by atoms with Gasteiger partial charge in [-0.2, -0.15) is 0 Å². The Labute approximate surface area is 118 Å². The standard InChI is InChI=1S/C14H21N3O3/c15-13-11-12(5-6-14(13)17(18)19)20-10-4-9-16-7-2-1-3-8-16/h5-6,11H,1-4,7-10,15H2. The van der Waals surface area contributed by atoms with E-state index in [4.69, 9.17) is 10.5 Å². The SMILES string of the molecule is Nc1cc(OCCCN2CCCCC2)ccc1[N+](=O)[O-]. The molecule has 1 aliphatic rings. The molecule has 20 heavy (non-hydrogen) atoms. The van der Waals surface area contributed by atoms with Crippen LogP contribution in [0.15, 0.2) is 18.2 Å². The van der Waals surface area contributed by atoms with E-state index in [1.807, 2.05) is 0 Å². The van der Waals surface area contributed by atoms with Crippen molar-refractivity contribution in [2.45, 2.75) is 25.7 Å². The Balaban J connectivity index is 1.73. The Hall–Kier alpha value is -1.82. The number of nitrogens with two attached hydrogens (primary N) is 1. The first-order valence-electron chi connectivity index (χ1n) is 7.06. The molecule has 2 rings (SSSR count). The fourth-order valence-electron chi connectivity index (χ4n) is 2.45. The zero-order valence-electron chi connectivity index (χ0n) is 11.6. The molecule has 1 aliphatic heterocycles. The minimum absolute atomic E-state index is 0.0781. The number of piperidine rings is 1. The maximum atomic E-state index is 10.6. The van der Waals surface area contributed by atoms with Crippen LogP contribution in [0.1, 0.15) is 25.7 Å². The first kappa shape index (κ1) is 14.6. The Bertz CT molecular complexity index is 459. The van der Waals surface area contributed by atoms with Crippen molar-refractivity contribution >= 4 is 11.4 Å². The zero-order chi connectivity index (χ0) is 14.4. The average Bonchev–Trinajstić information content (AvgIpc) is 2.44. The highest BCUT2D eigenvalue weighted by atomic mass is 16.6. The Morgan fingerprint density at radius 3 is 2.70 bits per heavy atom. The number of rotatable bonds is 6. The van der Waals surface area contributed by atoms with Gasteiger partial charge in [-0.25, -0.2) is 0 Å². The first-order valence-corrected chi connectivity index (χ1v) is 7.06. The summed E-state index contributed by atoms with van der Waals surface area (Å²) in [7, 11) is 0. The number of nitrogens with zero attached hydrogens (tertiary/aromatic N) is 2. The van der Waals surface area contributed by atoms with Crippen LogP contribution in [0.2, 0.25) is 0 Å². The van der Waals surface area contributed by atoms with E-state index in [9.17, 15) is 10.1 Å². The molecule has 6 heteroatoms. The van der Waals surface area contributed by atoms with Crippen LogP contribution in [0, 0.1) is 10.1 Å².